The molecule has 2 fully saturated rings. The number of halogens is 1. The van der Waals surface area contributed by atoms with E-state index < -0.39 is 11.6 Å². The van der Waals surface area contributed by atoms with E-state index in [0.717, 1.165) is 24.4 Å². The van der Waals surface area contributed by atoms with Crippen molar-refractivity contribution in [2.45, 2.75) is 31.8 Å². The van der Waals surface area contributed by atoms with Gasteiger partial charge in [-0.1, -0.05) is 0 Å². The first kappa shape index (κ1) is 16.7. The molecule has 0 saturated carbocycles. The Hall–Kier alpha value is -1.34. The van der Waals surface area contributed by atoms with Crippen LogP contribution >= 0.6 is 12.4 Å². The van der Waals surface area contributed by atoms with Gasteiger partial charge >= 0.3 is 6.03 Å². The molecule has 8 heteroatoms. The average molecular weight is 305 g/mol. The largest absolute Gasteiger partial charge is 0.340 e. The normalized spacial score (nSPS) is 24.4. The van der Waals surface area contributed by atoms with Crippen molar-refractivity contribution in [2.24, 2.45) is 0 Å². The van der Waals surface area contributed by atoms with Crippen molar-refractivity contribution in [3.63, 3.8) is 0 Å². The van der Waals surface area contributed by atoms with E-state index in [1.165, 1.54) is 0 Å². The molecule has 0 aromatic rings. The van der Waals surface area contributed by atoms with E-state index in [0.29, 0.717) is 0 Å². The predicted octanol–water partition coefficient (Wildman–Crippen LogP) is -0.441. The van der Waals surface area contributed by atoms with Gasteiger partial charge in [0.15, 0.2) is 0 Å². The summed E-state index contributed by atoms with van der Waals surface area (Å²) in [7, 11) is 1.71. The molecule has 1 atom stereocenters. The molecule has 2 heterocycles. The van der Waals surface area contributed by atoms with E-state index in [2.05, 4.69) is 10.6 Å². The number of hydrogen-bond acceptors (Lipinski definition) is 4. The molecule has 114 valence electrons. The van der Waals surface area contributed by atoms with Gasteiger partial charge in [-0.15, -0.1) is 12.4 Å². The Balaban J connectivity index is 0.00000200. The Morgan fingerprint density at radius 1 is 1.45 bits per heavy atom. The van der Waals surface area contributed by atoms with Crippen LogP contribution in [0.4, 0.5) is 4.79 Å². The lowest BCUT2D eigenvalue weighted by Crippen LogP contribution is -2.46. The van der Waals surface area contributed by atoms with Crippen molar-refractivity contribution in [2.75, 3.05) is 26.7 Å². The van der Waals surface area contributed by atoms with Gasteiger partial charge in [-0.2, -0.15) is 0 Å². The Kier molecular flexibility index (Phi) is 4.99. The molecular weight excluding hydrogens is 284 g/mol. The lowest BCUT2D eigenvalue weighted by molar-refractivity contribution is -0.138. The molecular formula is C12H21ClN4O3. The van der Waals surface area contributed by atoms with Crippen molar-refractivity contribution in [1.29, 1.82) is 0 Å². The fourth-order valence-corrected chi connectivity index (χ4v) is 2.38. The lowest BCUT2D eigenvalue weighted by atomic mass is 10.1. The highest BCUT2D eigenvalue weighted by Crippen LogP contribution is 2.17. The van der Waals surface area contributed by atoms with Crippen molar-refractivity contribution in [3.05, 3.63) is 0 Å². The van der Waals surface area contributed by atoms with Gasteiger partial charge in [-0.3, -0.25) is 14.5 Å². The van der Waals surface area contributed by atoms with Gasteiger partial charge in [0.25, 0.3) is 5.91 Å². The van der Waals surface area contributed by atoms with Crippen LogP contribution in [0.1, 0.15) is 20.3 Å². The quantitative estimate of drug-likeness (QED) is 0.693. The number of imide groups is 1. The SMILES string of the molecule is CN(C(=O)CN1C(=O)NC(C)(C)C1=O)C1CCNC1.Cl. The smallest absolute Gasteiger partial charge is 0.325 e. The van der Waals surface area contributed by atoms with Crippen LogP contribution in [0.5, 0.6) is 0 Å². The van der Waals surface area contributed by atoms with E-state index in [9.17, 15) is 14.4 Å². The fourth-order valence-electron chi connectivity index (χ4n) is 2.38. The highest BCUT2D eigenvalue weighted by atomic mass is 35.5. The van der Waals surface area contributed by atoms with Gasteiger partial charge in [0, 0.05) is 19.6 Å². The summed E-state index contributed by atoms with van der Waals surface area (Å²) >= 11 is 0. The van der Waals surface area contributed by atoms with Crippen LogP contribution in [-0.4, -0.2) is 65.9 Å². The summed E-state index contributed by atoms with van der Waals surface area (Å²) in [5, 5.41) is 5.74. The first-order chi connectivity index (χ1) is 8.83. The number of nitrogens with zero attached hydrogens (tertiary/aromatic N) is 2. The summed E-state index contributed by atoms with van der Waals surface area (Å²) < 4.78 is 0. The van der Waals surface area contributed by atoms with Crippen LogP contribution < -0.4 is 10.6 Å². The third kappa shape index (κ3) is 3.04. The summed E-state index contributed by atoms with van der Waals surface area (Å²) in [6.07, 6.45) is 0.897. The molecule has 0 aromatic carbocycles. The van der Waals surface area contributed by atoms with E-state index in [1.54, 1.807) is 25.8 Å². The molecule has 2 rings (SSSR count). The first-order valence-electron chi connectivity index (χ1n) is 6.43. The van der Waals surface area contributed by atoms with Crippen molar-refractivity contribution < 1.29 is 14.4 Å². The van der Waals surface area contributed by atoms with Gasteiger partial charge in [0.2, 0.25) is 5.91 Å². The minimum Gasteiger partial charge on any atom is -0.340 e. The second-order valence-corrected chi connectivity index (χ2v) is 5.60. The van der Waals surface area contributed by atoms with Gasteiger partial charge in [0.05, 0.1) is 0 Å². The number of hydrogen-bond donors (Lipinski definition) is 2. The van der Waals surface area contributed by atoms with Crippen LogP contribution in [-0.2, 0) is 9.59 Å². The fraction of sp³-hybridized carbons (Fsp3) is 0.750. The summed E-state index contributed by atoms with van der Waals surface area (Å²) in [6, 6.07) is -0.359. The average Bonchev–Trinajstić information content (AvgIpc) is 2.91. The zero-order valence-corrected chi connectivity index (χ0v) is 12.7. The monoisotopic (exact) mass is 304 g/mol. The molecule has 0 aromatic heterocycles. The molecule has 7 nitrogen and oxygen atoms in total. The van der Waals surface area contributed by atoms with Crippen LogP contribution in [0.15, 0.2) is 0 Å². The Morgan fingerprint density at radius 3 is 2.55 bits per heavy atom. The summed E-state index contributed by atoms with van der Waals surface area (Å²) in [5.74, 6) is -0.571. The topological polar surface area (TPSA) is 81.8 Å². The number of carbonyl (C=O) groups is 3. The van der Waals surface area contributed by atoms with Gasteiger partial charge in [-0.05, 0) is 26.8 Å². The lowest BCUT2D eigenvalue weighted by Gasteiger charge is -2.25. The Bertz CT molecular complexity index is 421. The van der Waals surface area contributed by atoms with E-state index in [4.69, 9.17) is 0 Å². The third-order valence-electron chi connectivity index (χ3n) is 3.71. The molecule has 0 spiro atoms. The minimum absolute atomic E-state index is 0. The highest BCUT2D eigenvalue weighted by Gasteiger charge is 2.45. The van der Waals surface area contributed by atoms with Crippen LogP contribution in [0.25, 0.3) is 0 Å². The second kappa shape index (κ2) is 5.97. The van der Waals surface area contributed by atoms with Crippen LogP contribution in [0.3, 0.4) is 0 Å². The molecule has 2 aliphatic rings. The first-order valence-corrected chi connectivity index (χ1v) is 6.43. The predicted molar refractivity (Wildman–Crippen MR) is 75.6 cm³/mol. The van der Waals surface area contributed by atoms with E-state index >= 15 is 0 Å². The number of amides is 4. The van der Waals surface area contributed by atoms with Gasteiger partial charge in [0.1, 0.15) is 12.1 Å². The summed E-state index contributed by atoms with van der Waals surface area (Å²) in [4.78, 5) is 38.4. The summed E-state index contributed by atoms with van der Waals surface area (Å²) in [6.45, 7) is 4.71. The summed E-state index contributed by atoms with van der Waals surface area (Å²) in [5.41, 5.74) is -0.926. The van der Waals surface area contributed by atoms with Crippen molar-refractivity contribution >= 4 is 30.3 Å². The zero-order valence-electron chi connectivity index (χ0n) is 11.9. The maximum absolute atomic E-state index is 12.1. The molecule has 2 aliphatic heterocycles. The Morgan fingerprint density at radius 2 is 2.10 bits per heavy atom. The molecule has 0 bridgehead atoms. The molecule has 0 radical (unpaired) electrons. The maximum atomic E-state index is 12.1. The van der Waals surface area contributed by atoms with Crippen molar-refractivity contribution in [1.82, 2.24) is 20.4 Å². The molecule has 1 unspecified atom stereocenters. The van der Waals surface area contributed by atoms with Crippen LogP contribution in [0.2, 0.25) is 0 Å². The van der Waals surface area contributed by atoms with E-state index in [1.807, 2.05) is 0 Å². The number of rotatable bonds is 3. The molecule has 20 heavy (non-hydrogen) atoms. The highest BCUT2D eigenvalue weighted by molar-refractivity contribution is 6.08. The number of likely N-dealkylation sites (N-methyl/N-ethyl adjacent to an activating group) is 1. The second-order valence-electron chi connectivity index (χ2n) is 5.60. The zero-order chi connectivity index (χ0) is 14.2. The third-order valence-corrected chi connectivity index (χ3v) is 3.71. The Labute approximate surface area is 124 Å². The standard InChI is InChI=1S/C12H20N4O3.ClH/c1-12(2)10(18)16(11(19)14-12)7-9(17)15(3)8-4-5-13-6-8;/h8,13H,4-7H2,1-3H3,(H,14,19);1H. The van der Waals surface area contributed by atoms with Gasteiger partial charge in [-0.25, -0.2) is 4.79 Å². The minimum atomic E-state index is -0.926. The number of urea groups is 1. The molecule has 4 amide bonds. The van der Waals surface area contributed by atoms with Gasteiger partial charge < -0.3 is 15.5 Å². The molecule has 0 aliphatic carbocycles. The maximum Gasteiger partial charge on any atom is 0.325 e. The van der Waals surface area contributed by atoms with E-state index in [-0.39, 0.29) is 36.8 Å². The molecule has 2 saturated heterocycles. The number of nitrogens with one attached hydrogen (secondary N) is 2. The van der Waals surface area contributed by atoms with Crippen molar-refractivity contribution in [3.8, 4) is 0 Å². The molecule has 2 N–H and O–H groups in total. The van der Waals surface area contributed by atoms with Crippen LogP contribution in [0, 0.1) is 0 Å². The number of carbonyl (C=O) groups excluding carboxylic acids is 3.